The lowest BCUT2D eigenvalue weighted by Gasteiger charge is -2.36. The summed E-state index contributed by atoms with van der Waals surface area (Å²) in [5.74, 6) is 1.22. The van der Waals surface area contributed by atoms with Gasteiger partial charge in [-0.1, -0.05) is 0 Å². The number of ether oxygens (including phenoxy) is 2. The highest BCUT2D eigenvalue weighted by Gasteiger charge is 2.20. The van der Waals surface area contributed by atoms with E-state index in [0.29, 0.717) is 24.8 Å². The Morgan fingerprint density at radius 1 is 1.07 bits per heavy atom. The van der Waals surface area contributed by atoms with Crippen molar-refractivity contribution >= 4 is 17.5 Å². The normalized spacial score (nSPS) is 14.1. The van der Waals surface area contributed by atoms with E-state index in [9.17, 15) is 4.79 Å². The first-order valence-corrected chi connectivity index (χ1v) is 8.95. The van der Waals surface area contributed by atoms with Crippen LogP contribution in [-0.2, 0) is 4.74 Å². The van der Waals surface area contributed by atoms with Crippen molar-refractivity contribution in [1.82, 2.24) is 15.3 Å². The standard InChI is InChI=1S/C19H25N5O3/c1-26-14-9-20-18(25)17-7-8-21-19(22-17)24-12-10-23(11-13-24)15-3-5-16(27-2)6-4-15/h3-8H,9-14H2,1-2H3,(H,20,25). The van der Waals surface area contributed by atoms with Gasteiger partial charge in [0.25, 0.3) is 5.91 Å². The molecule has 1 fully saturated rings. The number of carbonyl (C=O) groups is 1. The Kier molecular flexibility index (Phi) is 6.43. The number of methoxy groups -OCH3 is 2. The lowest BCUT2D eigenvalue weighted by atomic mass is 10.2. The minimum absolute atomic E-state index is 0.215. The molecule has 1 saturated heterocycles. The largest absolute Gasteiger partial charge is 0.497 e. The summed E-state index contributed by atoms with van der Waals surface area (Å²) in [6.07, 6.45) is 1.63. The van der Waals surface area contributed by atoms with Gasteiger partial charge in [-0.25, -0.2) is 9.97 Å². The van der Waals surface area contributed by atoms with E-state index in [0.717, 1.165) is 31.9 Å². The average molecular weight is 371 g/mol. The zero-order valence-corrected chi connectivity index (χ0v) is 15.7. The molecule has 8 heteroatoms. The van der Waals surface area contributed by atoms with E-state index >= 15 is 0 Å². The zero-order valence-electron chi connectivity index (χ0n) is 15.7. The second kappa shape index (κ2) is 9.18. The summed E-state index contributed by atoms with van der Waals surface area (Å²) in [6.45, 7) is 4.23. The van der Waals surface area contributed by atoms with Crippen LogP contribution in [0.25, 0.3) is 0 Å². The Hall–Kier alpha value is -2.87. The van der Waals surface area contributed by atoms with Gasteiger partial charge in [0.1, 0.15) is 11.4 Å². The van der Waals surface area contributed by atoms with Crippen molar-refractivity contribution in [1.29, 1.82) is 0 Å². The maximum absolute atomic E-state index is 12.1. The van der Waals surface area contributed by atoms with E-state index < -0.39 is 0 Å². The number of amides is 1. The summed E-state index contributed by atoms with van der Waals surface area (Å²) < 4.78 is 10.1. The molecule has 0 spiro atoms. The third kappa shape index (κ3) is 4.85. The van der Waals surface area contributed by atoms with Gasteiger partial charge in [-0.05, 0) is 30.3 Å². The van der Waals surface area contributed by atoms with Gasteiger partial charge in [-0.3, -0.25) is 4.79 Å². The number of hydrogen-bond acceptors (Lipinski definition) is 7. The van der Waals surface area contributed by atoms with Crippen LogP contribution in [0.15, 0.2) is 36.5 Å². The molecule has 1 aliphatic rings. The molecule has 1 N–H and O–H groups in total. The molecule has 1 amide bonds. The first-order chi connectivity index (χ1) is 13.2. The van der Waals surface area contributed by atoms with E-state index in [1.54, 1.807) is 26.5 Å². The van der Waals surface area contributed by atoms with Gasteiger partial charge in [0, 0.05) is 51.7 Å². The number of nitrogens with one attached hydrogen (secondary N) is 1. The number of benzene rings is 1. The lowest BCUT2D eigenvalue weighted by Crippen LogP contribution is -2.47. The maximum Gasteiger partial charge on any atom is 0.270 e. The topological polar surface area (TPSA) is 79.8 Å². The van der Waals surface area contributed by atoms with Crippen molar-refractivity contribution in [3.05, 3.63) is 42.2 Å². The molecule has 0 aliphatic carbocycles. The van der Waals surface area contributed by atoms with Crippen LogP contribution in [-0.4, -0.2) is 69.4 Å². The molecule has 2 aromatic rings. The lowest BCUT2D eigenvalue weighted by molar-refractivity contribution is 0.0932. The molecule has 1 aromatic carbocycles. The smallest absolute Gasteiger partial charge is 0.270 e. The fourth-order valence-electron chi connectivity index (χ4n) is 2.94. The fraction of sp³-hybridized carbons (Fsp3) is 0.421. The average Bonchev–Trinajstić information content (AvgIpc) is 2.74. The summed E-state index contributed by atoms with van der Waals surface area (Å²) in [4.78, 5) is 25.3. The molecule has 2 heterocycles. The SMILES string of the molecule is COCCNC(=O)c1ccnc(N2CCN(c3ccc(OC)cc3)CC2)n1. The molecule has 1 aromatic heterocycles. The number of piperazine rings is 1. The predicted molar refractivity (Wildman–Crippen MR) is 104 cm³/mol. The van der Waals surface area contributed by atoms with Crippen LogP contribution in [0.1, 0.15) is 10.5 Å². The molecule has 1 aliphatic heterocycles. The van der Waals surface area contributed by atoms with E-state index in [1.807, 2.05) is 12.1 Å². The molecule has 8 nitrogen and oxygen atoms in total. The molecular weight excluding hydrogens is 346 g/mol. The van der Waals surface area contributed by atoms with Crippen LogP contribution in [0.3, 0.4) is 0 Å². The third-order valence-electron chi connectivity index (χ3n) is 4.47. The molecule has 3 rings (SSSR count). The van der Waals surface area contributed by atoms with E-state index in [1.165, 1.54) is 5.69 Å². The Labute approximate surface area is 159 Å². The molecule has 144 valence electrons. The van der Waals surface area contributed by atoms with Gasteiger partial charge < -0.3 is 24.6 Å². The van der Waals surface area contributed by atoms with Crippen molar-refractivity contribution in [2.24, 2.45) is 0 Å². The van der Waals surface area contributed by atoms with E-state index in [-0.39, 0.29) is 5.91 Å². The Morgan fingerprint density at radius 3 is 2.44 bits per heavy atom. The second-order valence-electron chi connectivity index (χ2n) is 6.16. The summed E-state index contributed by atoms with van der Waals surface area (Å²) >= 11 is 0. The molecule has 0 saturated carbocycles. The van der Waals surface area contributed by atoms with E-state index in [2.05, 4.69) is 37.2 Å². The van der Waals surface area contributed by atoms with Gasteiger partial charge in [0.2, 0.25) is 5.95 Å². The van der Waals surface area contributed by atoms with Crippen LogP contribution in [0.2, 0.25) is 0 Å². The second-order valence-corrected chi connectivity index (χ2v) is 6.16. The van der Waals surface area contributed by atoms with E-state index in [4.69, 9.17) is 9.47 Å². The number of rotatable bonds is 7. The van der Waals surface area contributed by atoms with Gasteiger partial charge in [-0.2, -0.15) is 0 Å². The number of anilines is 2. The summed E-state index contributed by atoms with van der Waals surface area (Å²) in [5.41, 5.74) is 1.54. The third-order valence-corrected chi connectivity index (χ3v) is 4.47. The van der Waals surface area contributed by atoms with Crippen LogP contribution in [0, 0.1) is 0 Å². The van der Waals surface area contributed by atoms with Crippen LogP contribution >= 0.6 is 0 Å². The molecule has 0 unspecified atom stereocenters. The van der Waals surface area contributed by atoms with Gasteiger partial charge in [0.15, 0.2) is 0 Å². The number of nitrogens with zero attached hydrogens (tertiary/aromatic N) is 4. The summed E-state index contributed by atoms with van der Waals surface area (Å²) in [5, 5.41) is 2.78. The van der Waals surface area contributed by atoms with Crippen LogP contribution < -0.4 is 19.9 Å². The number of carbonyl (C=O) groups excluding carboxylic acids is 1. The van der Waals surface area contributed by atoms with Crippen molar-refractivity contribution in [2.45, 2.75) is 0 Å². The molecule has 0 atom stereocenters. The Morgan fingerprint density at radius 2 is 1.78 bits per heavy atom. The van der Waals surface area contributed by atoms with Crippen molar-refractivity contribution in [2.75, 3.05) is 63.4 Å². The first-order valence-electron chi connectivity index (χ1n) is 8.95. The molecular formula is C19H25N5O3. The van der Waals surface area contributed by atoms with Crippen LogP contribution in [0.5, 0.6) is 5.75 Å². The molecule has 0 radical (unpaired) electrons. The van der Waals surface area contributed by atoms with Crippen molar-refractivity contribution in [3.8, 4) is 5.75 Å². The number of aromatic nitrogens is 2. The van der Waals surface area contributed by atoms with Gasteiger partial charge in [0.05, 0.1) is 13.7 Å². The minimum Gasteiger partial charge on any atom is -0.497 e. The quantitative estimate of drug-likeness (QED) is 0.732. The predicted octanol–water partition coefficient (Wildman–Crippen LogP) is 1.19. The van der Waals surface area contributed by atoms with Crippen molar-refractivity contribution in [3.63, 3.8) is 0 Å². The summed E-state index contributed by atoms with van der Waals surface area (Å²) in [7, 11) is 3.26. The van der Waals surface area contributed by atoms with Gasteiger partial charge >= 0.3 is 0 Å². The minimum atomic E-state index is -0.215. The monoisotopic (exact) mass is 371 g/mol. The fourth-order valence-corrected chi connectivity index (χ4v) is 2.94. The highest BCUT2D eigenvalue weighted by atomic mass is 16.5. The summed E-state index contributed by atoms with van der Waals surface area (Å²) in [6, 6.07) is 9.69. The Bertz CT molecular complexity index is 745. The van der Waals surface area contributed by atoms with Crippen molar-refractivity contribution < 1.29 is 14.3 Å². The molecule has 27 heavy (non-hydrogen) atoms. The van der Waals surface area contributed by atoms with Crippen LogP contribution in [0.4, 0.5) is 11.6 Å². The maximum atomic E-state index is 12.1. The highest BCUT2D eigenvalue weighted by Crippen LogP contribution is 2.21. The molecule has 0 bridgehead atoms. The van der Waals surface area contributed by atoms with Gasteiger partial charge in [-0.15, -0.1) is 0 Å². The number of hydrogen-bond donors (Lipinski definition) is 1. The highest BCUT2D eigenvalue weighted by molar-refractivity contribution is 5.92. The Balaban J connectivity index is 1.58. The zero-order chi connectivity index (χ0) is 19.1. The first kappa shape index (κ1) is 18.9.